The van der Waals surface area contributed by atoms with Gasteiger partial charge in [-0.25, -0.2) is 0 Å². The maximum Gasteiger partial charge on any atom is 0.161 e. The Bertz CT molecular complexity index is 602. The molecule has 0 spiro atoms. The molecule has 22 heavy (non-hydrogen) atoms. The van der Waals surface area contributed by atoms with E-state index in [1.54, 1.807) is 7.11 Å². The van der Waals surface area contributed by atoms with Crippen molar-refractivity contribution in [2.45, 2.75) is 39.5 Å². The SMILES string of the molecule is COc1ccccc1OCc1cccc(CNC(C)(C)C)c1. The first-order valence-corrected chi connectivity index (χ1v) is 7.56. The van der Waals surface area contributed by atoms with Crippen LogP contribution in [0.1, 0.15) is 31.9 Å². The lowest BCUT2D eigenvalue weighted by molar-refractivity contribution is 0.284. The highest BCUT2D eigenvalue weighted by molar-refractivity contribution is 5.39. The van der Waals surface area contributed by atoms with Crippen molar-refractivity contribution in [3.63, 3.8) is 0 Å². The third-order valence-corrected chi connectivity index (χ3v) is 3.28. The van der Waals surface area contributed by atoms with Gasteiger partial charge in [-0.1, -0.05) is 36.4 Å². The monoisotopic (exact) mass is 299 g/mol. The number of nitrogens with one attached hydrogen (secondary N) is 1. The van der Waals surface area contributed by atoms with Crippen molar-refractivity contribution in [3.05, 3.63) is 59.7 Å². The first-order valence-electron chi connectivity index (χ1n) is 7.56. The van der Waals surface area contributed by atoms with Crippen molar-refractivity contribution < 1.29 is 9.47 Å². The third kappa shape index (κ3) is 5.08. The number of rotatable bonds is 6. The Morgan fingerprint density at radius 2 is 1.59 bits per heavy atom. The van der Waals surface area contributed by atoms with E-state index in [9.17, 15) is 0 Å². The average Bonchev–Trinajstić information content (AvgIpc) is 2.51. The quantitative estimate of drug-likeness (QED) is 0.868. The van der Waals surface area contributed by atoms with Crippen LogP contribution in [0.4, 0.5) is 0 Å². The molecule has 0 heterocycles. The van der Waals surface area contributed by atoms with Crippen LogP contribution in [0.25, 0.3) is 0 Å². The summed E-state index contributed by atoms with van der Waals surface area (Å²) in [4.78, 5) is 0. The van der Waals surface area contributed by atoms with E-state index in [2.05, 4.69) is 50.4 Å². The summed E-state index contributed by atoms with van der Waals surface area (Å²) in [6, 6.07) is 16.2. The molecular weight excluding hydrogens is 274 g/mol. The molecule has 0 amide bonds. The van der Waals surface area contributed by atoms with Gasteiger partial charge in [-0.15, -0.1) is 0 Å². The van der Waals surface area contributed by atoms with E-state index in [1.807, 2.05) is 24.3 Å². The molecule has 0 atom stereocenters. The van der Waals surface area contributed by atoms with Crippen LogP contribution in [0.15, 0.2) is 48.5 Å². The standard InChI is InChI=1S/C19H25NO2/c1-19(2,3)20-13-15-8-7-9-16(12-15)14-22-18-11-6-5-10-17(18)21-4/h5-12,20H,13-14H2,1-4H3. The molecule has 0 aliphatic rings. The van der Waals surface area contributed by atoms with Gasteiger partial charge in [0.25, 0.3) is 0 Å². The topological polar surface area (TPSA) is 30.5 Å². The number of para-hydroxylation sites is 2. The minimum absolute atomic E-state index is 0.115. The molecule has 2 aromatic carbocycles. The molecule has 3 nitrogen and oxygen atoms in total. The van der Waals surface area contributed by atoms with E-state index < -0.39 is 0 Å². The van der Waals surface area contributed by atoms with Gasteiger partial charge >= 0.3 is 0 Å². The predicted octanol–water partition coefficient (Wildman–Crippen LogP) is 4.16. The van der Waals surface area contributed by atoms with Crippen LogP contribution in [0.2, 0.25) is 0 Å². The fourth-order valence-corrected chi connectivity index (χ4v) is 2.10. The highest BCUT2D eigenvalue weighted by atomic mass is 16.5. The summed E-state index contributed by atoms with van der Waals surface area (Å²) < 4.78 is 11.2. The molecule has 0 unspecified atom stereocenters. The lowest BCUT2D eigenvalue weighted by Crippen LogP contribution is -2.35. The Morgan fingerprint density at radius 3 is 2.27 bits per heavy atom. The summed E-state index contributed by atoms with van der Waals surface area (Å²) in [6.45, 7) is 7.89. The zero-order valence-corrected chi connectivity index (χ0v) is 13.8. The molecule has 0 aromatic heterocycles. The molecule has 0 aliphatic heterocycles. The summed E-state index contributed by atoms with van der Waals surface area (Å²) in [5, 5.41) is 3.50. The first kappa shape index (κ1) is 16.4. The second-order valence-corrected chi connectivity index (χ2v) is 6.36. The minimum atomic E-state index is 0.115. The van der Waals surface area contributed by atoms with Gasteiger partial charge in [0.1, 0.15) is 6.61 Å². The van der Waals surface area contributed by atoms with Crippen LogP contribution in [-0.2, 0) is 13.2 Å². The molecule has 2 rings (SSSR count). The maximum atomic E-state index is 5.87. The van der Waals surface area contributed by atoms with E-state index in [-0.39, 0.29) is 5.54 Å². The molecule has 118 valence electrons. The molecule has 0 fully saturated rings. The van der Waals surface area contributed by atoms with Gasteiger partial charge in [0, 0.05) is 12.1 Å². The first-order chi connectivity index (χ1) is 10.5. The normalized spacial score (nSPS) is 11.3. The molecule has 0 saturated carbocycles. The second-order valence-electron chi connectivity index (χ2n) is 6.36. The van der Waals surface area contributed by atoms with E-state index in [1.165, 1.54) is 5.56 Å². The van der Waals surface area contributed by atoms with E-state index >= 15 is 0 Å². The molecule has 0 radical (unpaired) electrons. The molecule has 0 saturated heterocycles. The number of hydrogen-bond acceptors (Lipinski definition) is 3. The zero-order valence-electron chi connectivity index (χ0n) is 13.8. The largest absolute Gasteiger partial charge is 0.493 e. The van der Waals surface area contributed by atoms with Crippen molar-refractivity contribution in [2.75, 3.05) is 7.11 Å². The summed E-state index contributed by atoms with van der Waals surface area (Å²) in [7, 11) is 1.65. The van der Waals surface area contributed by atoms with E-state index in [0.29, 0.717) is 6.61 Å². The van der Waals surface area contributed by atoms with Gasteiger partial charge < -0.3 is 14.8 Å². The molecular formula is C19H25NO2. The number of ether oxygens (including phenoxy) is 2. The lowest BCUT2D eigenvalue weighted by atomic mass is 10.1. The Hall–Kier alpha value is -2.00. The number of hydrogen-bond donors (Lipinski definition) is 1. The van der Waals surface area contributed by atoms with Crippen molar-refractivity contribution >= 4 is 0 Å². The summed E-state index contributed by atoms with van der Waals surface area (Å²) >= 11 is 0. The average molecular weight is 299 g/mol. The Balaban J connectivity index is 1.98. The van der Waals surface area contributed by atoms with Crippen LogP contribution in [0.3, 0.4) is 0 Å². The Morgan fingerprint density at radius 1 is 0.909 bits per heavy atom. The number of benzene rings is 2. The van der Waals surface area contributed by atoms with Crippen molar-refractivity contribution in [2.24, 2.45) is 0 Å². The van der Waals surface area contributed by atoms with E-state index in [4.69, 9.17) is 9.47 Å². The Kier molecular flexibility index (Phi) is 5.45. The maximum absolute atomic E-state index is 5.87. The van der Waals surface area contributed by atoms with Crippen molar-refractivity contribution in [1.82, 2.24) is 5.32 Å². The highest BCUT2D eigenvalue weighted by Gasteiger charge is 2.08. The van der Waals surface area contributed by atoms with Gasteiger partial charge in [0.05, 0.1) is 7.11 Å². The molecule has 1 N–H and O–H groups in total. The van der Waals surface area contributed by atoms with Gasteiger partial charge in [-0.3, -0.25) is 0 Å². The smallest absolute Gasteiger partial charge is 0.161 e. The fraction of sp³-hybridized carbons (Fsp3) is 0.368. The van der Waals surface area contributed by atoms with Gasteiger partial charge in [-0.05, 0) is 44.0 Å². The zero-order chi connectivity index (χ0) is 16.0. The Labute approximate surface area is 133 Å². The molecule has 0 bridgehead atoms. The van der Waals surface area contributed by atoms with Crippen LogP contribution < -0.4 is 14.8 Å². The van der Waals surface area contributed by atoms with Crippen molar-refractivity contribution in [1.29, 1.82) is 0 Å². The van der Waals surface area contributed by atoms with Crippen molar-refractivity contribution in [3.8, 4) is 11.5 Å². The number of methoxy groups -OCH3 is 1. The van der Waals surface area contributed by atoms with Crippen LogP contribution >= 0.6 is 0 Å². The lowest BCUT2D eigenvalue weighted by Gasteiger charge is -2.20. The summed E-state index contributed by atoms with van der Waals surface area (Å²) in [5.41, 5.74) is 2.53. The fourth-order valence-electron chi connectivity index (χ4n) is 2.10. The van der Waals surface area contributed by atoms with Crippen LogP contribution in [0, 0.1) is 0 Å². The van der Waals surface area contributed by atoms with Gasteiger partial charge in [-0.2, -0.15) is 0 Å². The molecule has 3 heteroatoms. The third-order valence-electron chi connectivity index (χ3n) is 3.28. The van der Waals surface area contributed by atoms with E-state index in [0.717, 1.165) is 23.6 Å². The van der Waals surface area contributed by atoms with Gasteiger partial charge in [0.2, 0.25) is 0 Å². The molecule has 2 aromatic rings. The minimum Gasteiger partial charge on any atom is -0.493 e. The summed E-state index contributed by atoms with van der Waals surface area (Å²) in [5.74, 6) is 1.52. The van der Waals surface area contributed by atoms with Crippen LogP contribution in [0.5, 0.6) is 11.5 Å². The molecule has 0 aliphatic carbocycles. The predicted molar refractivity (Wildman–Crippen MR) is 90.4 cm³/mol. The summed E-state index contributed by atoms with van der Waals surface area (Å²) in [6.07, 6.45) is 0. The second kappa shape index (κ2) is 7.32. The van der Waals surface area contributed by atoms with Crippen LogP contribution in [-0.4, -0.2) is 12.6 Å². The van der Waals surface area contributed by atoms with Gasteiger partial charge in [0.15, 0.2) is 11.5 Å². The highest BCUT2D eigenvalue weighted by Crippen LogP contribution is 2.26.